The van der Waals surface area contributed by atoms with Gasteiger partial charge in [-0.05, 0) is 29.8 Å². The van der Waals surface area contributed by atoms with Crippen LogP contribution < -0.4 is 4.87 Å². The average Bonchev–Trinajstić information content (AvgIpc) is 3.20. The third-order valence-electron chi connectivity index (χ3n) is 3.79. The fraction of sp³-hybridized carbons (Fsp3) is 0.118. The highest BCUT2D eigenvalue weighted by Crippen LogP contribution is 2.30. The van der Waals surface area contributed by atoms with Crippen LogP contribution in [0.4, 0.5) is 0 Å². The molecule has 0 spiro atoms. The molecule has 1 atom stereocenters. The Morgan fingerprint density at radius 3 is 2.96 bits per heavy atom. The second-order valence-electron chi connectivity index (χ2n) is 5.28. The van der Waals surface area contributed by atoms with Crippen molar-refractivity contribution in [1.29, 1.82) is 0 Å². The minimum absolute atomic E-state index is 0.0177. The molecule has 4 rings (SSSR count). The Bertz CT molecular complexity index is 1020. The molecule has 1 unspecified atom stereocenters. The molecule has 0 bridgehead atoms. The quantitative estimate of drug-likeness (QED) is 0.607. The summed E-state index contributed by atoms with van der Waals surface area (Å²) in [6, 6.07) is 11.9. The molecule has 0 amide bonds. The van der Waals surface area contributed by atoms with Crippen LogP contribution in [0.1, 0.15) is 24.1 Å². The molecule has 0 saturated carbocycles. The van der Waals surface area contributed by atoms with E-state index >= 15 is 0 Å². The first-order valence-electron chi connectivity index (χ1n) is 7.20. The van der Waals surface area contributed by atoms with Crippen LogP contribution in [-0.4, -0.2) is 15.0 Å². The van der Waals surface area contributed by atoms with E-state index in [4.69, 9.17) is 4.98 Å². The van der Waals surface area contributed by atoms with Gasteiger partial charge in [-0.3, -0.25) is 9.78 Å². The average molecular weight is 339 g/mol. The molecule has 0 aliphatic rings. The smallest absolute Gasteiger partial charge is 0.305 e. The van der Waals surface area contributed by atoms with Crippen molar-refractivity contribution in [1.82, 2.24) is 15.0 Å². The van der Waals surface area contributed by atoms with Gasteiger partial charge in [-0.25, -0.2) is 4.98 Å². The molecule has 0 aliphatic carbocycles. The van der Waals surface area contributed by atoms with Crippen molar-refractivity contribution in [2.24, 2.45) is 0 Å². The lowest BCUT2D eigenvalue weighted by atomic mass is 9.98. The Labute approximate surface area is 140 Å². The number of H-pyrrole nitrogens is 1. The van der Waals surface area contributed by atoms with Crippen LogP contribution in [0.3, 0.4) is 0 Å². The van der Waals surface area contributed by atoms with Crippen LogP contribution in [-0.2, 0) is 0 Å². The van der Waals surface area contributed by atoms with Gasteiger partial charge in [0.15, 0.2) is 0 Å². The Kier molecular flexibility index (Phi) is 3.55. The van der Waals surface area contributed by atoms with Gasteiger partial charge < -0.3 is 4.98 Å². The van der Waals surface area contributed by atoms with Crippen molar-refractivity contribution in [2.75, 3.05) is 0 Å². The van der Waals surface area contributed by atoms with Crippen molar-refractivity contribution in [3.05, 3.63) is 68.9 Å². The zero-order valence-electron chi connectivity index (χ0n) is 12.3. The molecule has 1 aromatic carbocycles. The van der Waals surface area contributed by atoms with E-state index in [1.54, 1.807) is 17.5 Å². The molecule has 4 aromatic rings. The second kappa shape index (κ2) is 5.72. The van der Waals surface area contributed by atoms with E-state index in [1.807, 2.05) is 24.3 Å². The van der Waals surface area contributed by atoms with Crippen LogP contribution in [0.15, 0.2) is 52.8 Å². The number of aromatic amines is 1. The third-order valence-corrected chi connectivity index (χ3v) is 5.52. The summed E-state index contributed by atoms with van der Waals surface area (Å²) in [7, 11) is 0. The van der Waals surface area contributed by atoms with Gasteiger partial charge in [-0.1, -0.05) is 30.4 Å². The number of hydrogen-bond donors (Lipinski definition) is 1. The highest BCUT2D eigenvalue weighted by molar-refractivity contribution is 7.16. The molecule has 0 aliphatic heterocycles. The van der Waals surface area contributed by atoms with Crippen LogP contribution >= 0.6 is 22.7 Å². The molecule has 3 heterocycles. The summed E-state index contributed by atoms with van der Waals surface area (Å²) in [6.45, 7) is 2.13. The van der Waals surface area contributed by atoms with E-state index in [9.17, 15) is 4.79 Å². The summed E-state index contributed by atoms with van der Waals surface area (Å²) in [4.78, 5) is 23.3. The fourth-order valence-corrected chi connectivity index (χ4v) is 4.17. The van der Waals surface area contributed by atoms with Crippen LogP contribution in [0, 0.1) is 0 Å². The summed E-state index contributed by atoms with van der Waals surface area (Å²) >= 11 is 2.85. The lowest BCUT2D eigenvalue weighted by Crippen LogP contribution is -1.96. The maximum absolute atomic E-state index is 11.4. The van der Waals surface area contributed by atoms with Crippen LogP contribution in [0.2, 0.25) is 0 Å². The molecule has 0 saturated heterocycles. The van der Waals surface area contributed by atoms with E-state index in [0.29, 0.717) is 0 Å². The molecular weight excluding hydrogens is 326 g/mol. The SMILES string of the molecule is CC(c1ccc2[nH]c(=O)sc2c1)c1csc(-c2ccccn2)n1. The monoisotopic (exact) mass is 339 g/mol. The first kappa shape index (κ1) is 14.3. The first-order valence-corrected chi connectivity index (χ1v) is 8.90. The summed E-state index contributed by atoms with van der Waals surface area (Å²) < 4.78 is 0.986. The first-order chi connectivity index (χ1) is 11.2. The molecule has 23 heavy (non-hydrogen) atoms. The number of nitrogens with one attached hydrogen (secondary N) is 1. The highest BCUT2D eigenvalue weighted by Gasteiger charge is 2.14. The Balaban J connectivity index is 1.69. The van der Waals surface area contributed by atoms with Gasteiger partial charge in [-0.15, -0.1) is 11.3 Å². The standard InChI is InChI=1S/C17H13N3OS2/c1-10(11-5-6-12-15(8-11)23-17(21)20-12)14-9-22-16(19-14)13-4-2-3-7-18-13/h2-10H,1H3,(H,20,21). The molecule has 1 N–H and O–H groups in total. The minimum Gasteiger partial charge on any atom is -0.312 e. The van der Waals surface area contributed by atoms with E-state index in [-0.39, 0.29) is 10.8 Å². The van der Waals surface area contributed by atoms with Gasteiger partial charge in [0.1, 0.15) is 5.01 Å². The Morgan fingerprint density at radius 1 is 1.22 bits per heavy atom. The zero-order valence-corrected chi connectivity index (χ0v) is 13.9. The highest BCUT2D eigenvalue weighted by atomic mass is 32.1. The Hall–Kier alpha value is -2.31. The number of hydrogen-bond acceptors (Lipinski definition) is 5. The Morgan fingerprint density at radius 2 is 2.13 bits per heavy atom. The van der Waals surface area contributed by atoms with E-state index < -0.39 is 0 Å². The van der Waals surface area contributed by atoms with Gasteiger partial charge in [0, 0.05) is 17.5 Å². The van der Waals surface area contributed by atoms with Crippen molar-refractivity contribution < 1.29 is 0 Å². The van der Waals surface area contributed by atoms with Gasteiger partial charge in [0.05, 0.1) is 21.6 Å². The van der Waals surface area contributed by atoms with Gasteiger partial charge in [-0.2, -0.15) is 0 Å². The third kappa shape index (κ3) is 2.71. The number of nitrogens with zero attached hydrogens (tertiary/aromatic N) is 2. The largest absolute Gasteiger partial charge is 0.312 e. The van der Waals surface area contributed by atoms with Crippen LogP contribution in [0.25, 0.3) is 20.9 Å². The molecule has 0 radical (unpaired) electrons. The maximum Gasteiger partial charge on any atom is 0.305 e. The molecule has 4 nitrogen and oxygen atoms in total. The predicted octanol–water partition coefficient (Wildman–Crippen LogP) is 4.26. The number of aromatic nitrogens is 3. The van der Waals surface area contributed by atoms with Crippen molar-refractivity contribution >= 4 is 32.9 Å². The van der Waals surface area contributed by atoms with Crippen molar-refractivity contribution in [3.63, 3.8) is 0 Å². The van der Waals surface area contributed by atoms with Gasteiger partial charge >= 0.3 is 4.87 Å². The summed E-state index contributed by atoms with van der Waals surface area (Å²) in [5.41, 5.74) is 3.97. The normalized spacial score (nSPS) is 12.6. The van der Waals surface area contributed by atoms with Gasteiger partial charge in [0.25, 0.3) is 0 Å². The number of benzene rings is 1. The molecule has 6 heteroatoms. The summed E-state index contributed by atoms with van der Waals surface area (Å²) in [6.07, 6.45) is 1.78. The molecular formula is C17H13N3OS2. The van der Waals surface area contributed by atoms with E-state index in [2.05, 4.69) is 34.4 Å². The number of rotatable bonds is 3. The van der Waals surface area contributed by atoms with E-state index in [1.165, 1.54) is 11.3 Å². The maximum atomic E-state index is 11.4. The lowest BCUT2D eigenvalue weighted by Gasteiger charge is -2.09. The van der Waals surface area contributed by atoms with E-state index in [0.717, 1.165) is 32.2 Å². The number of fused-ring (bicyclic) bond motifs is 1. The zero-order chi connectivity index (χ0) is 15.8. The predicted molar refractivity (Wildman–Crippen MR) is 95.3 cm³/mol. The molecule has 3 aromatic heterocycles. The second-order valence-corrected chi connectivity index (χ2v) is 7.16. The number of pyridine rings is 1. The molecule has 0 fully saturated rings. The number of thiazole rings is 2. The fourth-order valence-electron chi connectivity index (χ4n) is 2.49. The van der Waals surface area contributed by atoms with Crippen molar-refractivity contribution in [2.45, 2.75) is 12.8 Å². The summed E-state index contributed by atoms with van der Waals surface area (Å²) in [5, 5.41) is 3.01. The lowest BCUT2D eigenvalue weighted by molar-refractivity contribution is 0.886. The molecule has 114 valence electrons. The topological polar surface area (TPSA) is 58.6 Å². The summed E-state index contributed by atoms with van der Waals surface area (Å²) in [5.74, 6) is 0.172. The minimum atomic E-state index is -0.0177. The van der Waals surface area contributed by atoms with Gasteiger partial charge in [0.2, 0.25) is 0 Å². The van der Waals surface area contributed by atoms with Crippen LogP contribution in [0.5, 0.6) is 0 Å². The van der Waals surface area contributed by atoms with Crippen molar-refractivity contribution in [3.8, 4) is 10.7 Å².